The Kier molecular flexibility index (Phi) is 6.88. The largest absolute Gasteiger partial charge is 0.452 e. The molecule has 0 saturated heterocycles. The fourth-order valence-electron chi connectivity index (χ4n) is 4.33. The predicted octanol–water partition coefficient (Wildman–Crippen LogP) is 5.88. The van der Waals surface area contributed by atoms with E-state index in [2.05, 4.69) is 0 Å². The second-order valence-corrected chi connectivity index (χ2v) is 9.12. The molecule has 37 heavy (non-hydrogen) atoms. The first-order valence-corrected chi connectivity index (χ1v) is 12.3. The number of amides is 2. The van der Waals surface area contributed by atoms with Crippen LogP contribution < -0.4 is 10.2 Å². The van der Waals surface area contributed by atoms with E-state index in [4.69, 9.17) is 20.8 Å². The van der Waals surface area contributed by atoms with Gasteiger partial charge in [0.15, 0.2) is 5.76 Å². The number of rotatable bonds is 8. The SMILES string of the molecule is O=C(CCCCCN1C(=O)c2ccccc2C1=O)Oc1c(-c2ccc(Cl)cc2)oc2ccccc2c1=O. The Labute approximate surface area is 217 Å². The van der Waals surface area contributed by atoms with E-state index in [0.29, 0.717) is 51.9 Å². The zero-order valence-electron chi connectivity index (χ0n) is 19.7. The summed E-state index contributed by atoms with van der Waals surface area (Å²) in [5.74, 6) is -1.18. The van der Waals surface area contributed by atoms with E-state index in [1.807, 2.05) is 0 Å². The molecule has 1 aromatic heterocycles. The lowest BCUT2D eigenvalue weighted by Crippen LogP contribution is -2.30. The van der Waals surface area contributed by atoms with Crippen molar-refractivity contribution in [2.75, 3.05) is 6.54 Å². The van der Waals surface area contributed by atoms with E-state index >= 15 is 0 Å². The lowest BCUT2D eigenvalue weighted by atomic mass is 10.1. The molecular formula is C29H22ClNO6. The van der Waals surface area contributed by atoms with Crippen molar-refractivity contribution in [2.45, 2.75) is 25.7 Å². The predicted molar refractivity (Wildman–Crippen MR) is 139 cm³/mol. The fourth-order valence-corrected chi connectivity index (χ4v) is 4.46. The molecule has 8 heteroatoms. The minimum atomic E-state index is -0.571. The van der Waals surface area contributed by atoms with Gasteiger partial charge in [0.05, 0.1) is 16.5 Å². The summed E-state index contributed by atoms with van der Waals surface area (Å²) in [5.41, 5.74) is 1.33. The van der Waals surface area contributed by atoms with E-state index < -0.39 is 11.4 Å². The van der Waals surface area contributed by atoms with Gasteiger partial charge in [-0.25, -0.2) is 0 Å². The zero-order valence-corrected chi connectivity index (χ0v) is 20.5. The van der Waals surface area contributed by atoms with Gasteiger partial charge in [-0.3, -0.25) is 24.1 Å². The van der Waals surface area contributed by atoms with E-state index in [9.17, 15) is 19.2 Å². The normalized spacial score (nSPS) is 12.7. The van der Waals surface area contributed by atoms with Crippen molar-refractivity contribution < 1.29 is 23.5 Å². The number of nitrogens with zero attached hydrogens (tertiary/aromatic N) is 1. The fraction of sp³-hybridized carbons (Fsp3) is 0.172. The molecule has 186 valence electrons. The van der Waals surface area contributed by atoms with Gasteiger partial charge < -0.3 is 9.15 Å². The molecule has 0 atom stereocenters. The second kappa shape index (κ2) is 10.4. The van der Waals surface area contributed by atoms with Gasteiger partial charge in [0.2, 0.25) is 11.2 Å². The summed E-state index contributed by atoms with van der Waals surface area (Å²) >= 11 is 6.00. The third kappa shape index (κ3) is 4.90. The van der Waals surface area contributed by atoms with Crippen LogP contribution in [0.5, 0.6) is 5.75 Å². The number of esters is 1. The highest BCUT2D eigenvalue weighted by molar-refractivity contribution is 6.30. The first-order valence-electron chi connectivity index (χ1n) is 11.9. The van der Waals surface area contributed by atoms with Crippen molar-refractivity contribution in [3.8, 4) is 17.1 Å². The van der Waals surface area contributed by atoms with Crippen LogP contribution in [0.1, 0.15) is 46.4 Å². The Morgan fingerprint density at radius 1 is 0.811 bits per heavy atom. The Morgan fingerprint density at radius 2 is 1.46 bits per heavy atom. The molecule has 0 spiro atoms. The van der Waals surface area contributed by atoms with Crippen LogP contribution in [0.2, 0.25) is 5.02 Å². The Balaban J connectivity index is 1.23. The molecule has 1 aliphatic rings. The maximum absolute atomic E-state index is 13.2. The van der Waals surface area contributed by atoms with Gasteiger partial charge in [0.25, 0.3) is 11.8 Å². The van der Waals surface area contributed by atoms with Crippen molar-refractivity contribution in [1.82, 2.24) is 4.90 Å². The lowest BCUT2D eigenvalue weighted by Gasteiger charge is -2.13. The van der Waals surface area contributed by atoms with Gasteiger partial charge in [-0.05, 0) is 61.4 Å². The third-order valence-corrected chi connectivity index (χ3v) is 6.47. The van der Waals surface area contributed by atoms with Gasteiger partial charge in [-0.15, -0.1) is 0 Å². The Hall–Kier alpha value is -4.23. The standard InChI is InChI=1S/C29H22ClNO6/c30-19-15-13-18(14-16-19)26-27(25(33)22-10-5-6-11-23(22)36-26)37-24(32)12-2-1-7-17-31-28(34)20-8-3-4-9-21(20)29(31)35/h3-6,8-11,13-16H,1-2,7,12,17H2. The van der Waals surface area contributed by atoms with E-state index in [0.717, 1.165) is 0 Å². The first kappa shape index (κ1) is 24.5. The first-order chi connectivity index (χ1) is 17.9. The number of ether oxygens (including phenoxy) is 1. The number of hydrogen-bond acceptors (Lipinski definition) is 6. The maximum Gasteiger partial charge on any atom is 0.311 e. The van der Waals surface area contributed by atoms with Crippen LogP contribution in [0.4, 0.5) is 0 Å². The van der Waals surface area contributed by atoms with Gasteiger partial charge in [0, 0.05) is 23.6 Å². The van der Waals surface area contributed by atoms with Crippen LogP contribution in [0, 0.1) is 0 Å². The molecule has 7 nitrogen and oxygen atoms in total. The molecule has 3 aromatic carbocycles. The van der Waals surface area contributed by atoms with E-state index in [-0.39, 0.29) is 36.3 Å². The Bertz CT molecular complexity index is 1540. The van der Waals surface area contributed by atoms with E-state index in [1.54, 1.807) is 72.8 Å². The van der Waals surface area contributed by atoms with Crippen molar-refractivity contribution in [3.05, 3.63) is 99.2 Å². The highest BCUT2D eigenvalue weighted by atomic mass is 35.5. The number of benzene rings is 3. The lowest BCUT2D eigenvalue weighted by molar-refractivity contribution is -0.134. The molecule has 0 N–H and O–H groups in total. The van der Waals surface area contributed by atoms with Crippen molar-refractivity contribution >= 4 is 40.4 Å². The molecule has 0 saturated carbocycles. The molecule has 5 rings (SSSR count). The summed E-state index contributed by atoms with van der Waals surface area (Å²) in [6.07, 6.45) is 1.68. The van der Waals surface area contributed by atoms with Crippen LogP contribution in [-0.4, -0.2) is 29.2 Å². The van der Waals surface area contributed by atoms with Gasteiger partial charge in [-0.2, -0.15) is 0 Å². The van der Waals surface area contributed by atoms with Crippen LogP contribution in [-0.2, 0) is 4.79 Å². The second-order valence-electron chi connectivity index (χ2n) is 8.68. The van der Waals surface area contributed by atoms with Crippen LogP contribution in [0.3, 0.4) is 0 Å². The summed E-state index contributed by atoms with van der Waals surface area (Å²) in [6.45, 7) is 0.274. The number of fused-ring (bicyclic) bond motifs is 2. The number of halogens is 1. The summed E-state index contributed by atoms with van der Waals surface area (Å²) < 4.78 is 11.5. The number of para-hydroxylation sites is 1. The molecule has 0 unspecified atom stereocenters. The van der Waals surface area contributed by atoms with Crippen LogP contribution in [0.15, 0.2) is 82.0 Å². The topological polar surface area (TPSA) is 93.9 Å². The molecule has 1 aliphatic heterocycles. The molecule has 0 aliphatic carbocycles. The van der Waals surface area contributed by atoms with E-state index in [1.165, 1.54) is 4.90 Å². The van der Waals surface area contributed by atoms with Crippen LogP contribution in [0.25, 0.3) is 22.3 Å². The molecule has 0 radical (unpaired) electrons. The van der Waals surface area contributed by atoms with Crippen LogP contribution >= 0.6 is 11.6 Å². The van der Waals surface area contributed by atoms with Crippen molar-refractivity contribution in [3.63, 3.8) is 0 Å². The molecule has 2 heterocycles. The van der Waals surface area contributed by atoms with Gasteiger partial charge in [0.1, 0.15) is 5.58 Å². The molecule has 2 amide bonds. The number of unbranched alkanes of at least 4 members (excludes halogenated alkanes) is 2. The quantitative estimate of drug-likeness (QED) is 0.165. The third-order valence-electron chi connectivity index (χ3n) is 6.22. The number of imide groups is 1. The minimum Gasteiger partial charge on any atom is -0.452 e. The Morgan fingerprint density at radius 3 is 2.16 bits per heavy atom. The summed E-state index contributed by atoms with van der Waals surface area (Å²) in [6, 6.07) is 20.2. The maximum atomic E-state index is 13.2. The van der Waals surface area contributed by atoms with Crippen molar-refractivity contribution in [2.24, 2.45) is 0 Å². The smallest absolute Gasteiger partial charge is 0.311 e. The number of carbonyl (C=O) groups excluding carboxylic acids is 3. The average Bonchev–Trinajstić information content (AvgIpc) is 3.15. The summed E-state index contributed by atoms with van der Waals surface area (Å²) in [7, 11) is 0. The average molecular weight is 516 g/mol. The highest BCUT2D eigenvalue weighted by Gasteiger charge is 2.34. The minimum absolute atomic E-state index is 0.0639. The number of carbonyl (C=O) groups is 3. The summed E-state index contributed by atoms with van der Waals surface area (Å²) in [4.78, 5) is 52.0. The molecule has 4 aromatic rings. The van der Waals surface area contributed by atoms with Gasteiger partial charge in [-0.1, -0.05) is 42.3 Å². The zero-order chi connectivity index (χ0) is 25.9. The highest BCUT2D eigenvalue weighted by Crippen LogP contribution is 2.32. The summed E-state index contributed by atoms with van der Waals surface area (Å²) in [5, 5.41) is 0.829. The molecule has 0 fully saturated rings. The monoisotopic (exact) mass is 515 g/mol. The number of hydrogen-bond donors (Lipinski definition) is 0. The van der Waals surface area contributed by atoms with Crippen molar-refractivity contribution in [1.29, 1.82) is 0 Å². The van der Waals surface area contributed by atoms with Gasteiger partial charge >= 0.3 is 5.97 Å². The molecular weight excluding hydrogens is 494 g/mol. The molecule has 0 bridgehead atoms.